The second kappa shape index (κ2) is 6.61. The number of carbonyl (C=O) groups is 1. The highest BCUT2D eigenvalue weighted by atomic mass is 35.5. The minimum absolute atomic E-state index is 0.178. The number of benzene rings is 1. The fraction of sp³-hybridized carbons (Fsp3) is 0.462. The van der Waals surface area contributed by atoms with Gasteiger partial charge < -0.3 is 15.3 Å². The third kappa shape index (κ3) is 4.20. The van der Waals surface area contributed by atoms with E-state index in [0.29, 0.717) is 11.6 Å². The van der Waals surface area contributed by atoms with Crippen LogP contribution in [0.3, 0.4) is 0 Å². The first-order chi connectivity index (χ1) is 8.41. The molecule has 0 radical (unpaired) electrons. The third-order valence-corrected chi connectivity index (χ3v) is 2.94. The molecule has 0 fully saturated rings. The van der Waals surface area contributed by atoms with Gasteiger partial charge in [-0.05, 0) is 25.5 Å². The predicted octanol–water partition coefficient (Wildman–Crippen LogP) is 2.42. The Bertz CT molecular complexity index is 410. The summed E-state index contributed by atoms with van der Waals surface area (Å²) in [5.74, 6) is 0. The van der Waals surface area contributed by atoms with Gasteiger partial charge in [0.1, 0.15) is 0 Å². The monoisotopic (exact) mass is 270 g/mol. The summed E-state index contributed by atoms with van der Waals surface area (Å²) in [5.41, 5.74) is 0.873. The van der Waals surface area contributed by atoms with Crippen molar-refractivity contribution in [1.82, 2.24) is 10.2 Å². The zero-order valence-corrected chi connectivity index (χ0v) is 11.6. The number of urea groups is 1. The molecule has 4 nitrogen and oxygen atoms in total. The van der Waals surface area contributed by atoms with Crippen LogP contribution in [0.2, 0.25) is 5.02 Å². The molecule has 2 N–H and O–H groups in total. The standard InChI is InChI=1S/C13H19ClN2O2/c1-9(17)8-16(3)13(18)15-10(2)11-6-4-5-7-12(11)14/h4-7,9-10,17H,8H2,1-3H3,(H,15,18). The number of nitrogens with one attached hydrogen (secondary N) is 1. The summed E-state index contributed by atoms with van der Waals surface area (Å²) in [5, 5.41) is 12.7. The van der Waals surface area contributed by atoms with Crippen LogP contribution >= 0.6 is 11.6 Å². The number of amides is 2. The van der Waals surface area contributed by atoms with Crippen molar-refractivity contribution >= 4 is 17.6 Å². The Kier molecular flexibility index (Phi) is 5.44. The summed E-state index contributed by atoms with van der Waals surface area (Å²) in [7, 11) is 1.64. The second-order valence-electron chi connectivity index (χ2n) is 4.42. The van der Waals surface area contributed by atoms with Crippen molar-refractivity contribution < 1.29 is 9.90 Å². The van der Waals surface area contributed by atoms with Crippen molar-refractivity contribution in [3.8, 4) is 0 Å². The molecule has 18 heavy (non-hydrogen) atoms. The molecule has 1 rings (SSSR count). The third-order valence-electron chi connectivity index (χ3n) is 2.60. The summed E-state index contributed by atoms with van der Waals surface area (Å²) in [6.07, 6.45) is -0.545. The predicted molar refractivity (Wildman–Crippen MR) is 72.7 cm³/mol. The largest absolute Gasteiger partial charge is 0.392 e. The van der Waals surface area contributed by atoms with Crippen LogP contribution in [-0.4, -0.2) is 35.7 Å². The number of carbonyl (C=O) groups excluding carboxylic acids is 1. The van der Waals surface area contributed by atoms with Gasteiger partial charge in [-0.3, -0.25) is 0 Å². The Morgan fingerprint density at radius 1 is 1.44 bits per heavy atom. The lowest BCUT2D eigenvalue weighted by Gasteiger charge is -2.23. The molecule has 0 saturated carbocycles. The number of halogens is 1. The quantitative estimate of drug-likeness (QED) is 0.883. The topological polar surface area (TPSA) is 52.6 Å². The molecule has 0 aliphatic carbocycles. The Labute approximate surface area is 113 Å². The van der Waals surface area contributed by atoms with E-state index in [9.17, 15) is 9.90 Å². The average Bonchev–Trinajstić information content (AvgIpc) is 2.28. The van der Waals surface area contributed by atoms with E-state index in [2.05, 4.69) is 5.32 Å². The Balaban J connectivity index is 2.62. The van der Waals surface area contributed by atoms with Gasteiger partial charge in [0.05, 0.1) is 12.1 Å². The molecule has 0 aromatic heterocycles. The van der Waals surface area contributed by atoms with Gasteiger partial charge in [-0.15, -0.1) is 0 Å². The normalized spacial score (nSPS) is 13.8. The molecular formula is C13H19ClN2O2. The van der Waals surface area contributed by atoms with E-state index in [-0.39, 0.29) is 12.1 Å². The van der Waals surface area contributed by atoms with Crippen molar-refractivity contribution in [1.29, 1.82) is 0 Å². The van der Waals surface area contributed by atoms with Crippen LogP contribution in [0.25, 0.3) is 0 Å². The van der Waals surface area contributed by atoms with E-state index in [1.807, 2.05) is 25.1 Å². The van der Waals surface area contributed by atoms with E-state index in [1.54, 1.807) is 20.0 Å². The molecule has 0 saturated heterocycles. The zero-order chi connectivity index (χ0) is 13.7. The summed E-state index contributed by atoms with van der Waals surface area (Å²) in [6.45, 7) is 3.80. The van der Waals surface area contributed by atoms with E-state index in [4.69, 9.17) is 11.6 Å². The highest BCUT2D eigenvalue weighted by Crippen LogP contribution is 2.22. The summed E-state index contributed by atoms with van der Waals surface area (Å²) >= 11 is 6.06. The van der Waals surface area contributed by atoms with E-state index >= 15 is 0 Å². The molecule has 1 aromatic rings. The van der Waals surface area contributed by atoms with Gasteiger partial charge in [-0.1, -0.05) is 29.8 Å². The van der Waals surface area contributed by atoms with Crippen LogP contribution in [0.1, 0.15) is 25.5 Å². The maximum Gasteiger partial charge on any atom is 0.317 e. The maximum atomic E-state index is 11.8. The van der Waals surface area contributed by atoms with Gasteiger partial charge in [0.15, 0.2) is 0 Å². The highest BCUT2D eigenvalue weighted by molar-refractivity contribution is 6.31. The van der Waals surface area contributed by atoms with Crippen molar-refractivity contribution in [3.63, 3.8) is 0 Å². The zero-order valence-electron chi connectivity index (χ0n) is 10.9. The summed E-state index contributed by atoms with van der Waals surface area (Å²) in [4.78, 5) is 13.3. The molecule has 5 heteroatoms. The van der Waals surface area contributed by atoms with E-state index in [0.717, 1.165) is 5.56 Å². The first kappa shape index (κ1) is 14.8. The lowest BCUT2D eigenvalue weighted by Crippen LogP contribution is -2.41. The molecule has 0 bridgehead atoms. The number of nitrogens with zero attached hydrogens (tertiary/aromatic N) is 1. The van der Waals surface area contributed by atoms with Crippen LogP contribution in [0, 0.1) is 0 Å². The number of hydrogen-bond acceptors (Lipinski definition) is 2. The number of hydrogen-bond donors (Lipinski definition) is 2. The van der Waals surface area contributed by atoms with Crippen LogP contribution in [0.5, 0.6) is 0 Å². The number of rotatable bonds is 4. The summed E-state index contributed by atoms with van der Waals surface area (Å²) in [6, 6.07) is 6.98. The highest BCUT2D eigenvalue weighted by Gasteiger charge is 2.15. The van der Waals surface area contributed by atoms with Gasteiger partial charge in [0, 0.05) is 18.6 Å². The minimum Gasteiger partial charge on any atom is -0.392 e. The van der Waals surface area contributed by atoms with Gasteiger partial charge in [0.25, 0.3) is 0 Å². The molecule has 2 atom stereocenters. The van der Waals surface area contributed by atoms with E-state index in [1.165, 1.54) is 4.90 Å². The second-order valence-corrected chi connectivity index (χ2v) is 4.83. The smallest absolute Gasteiger partial charge is 0.317 e. The van der Waals surface area contributed by atoms with Gasteiger partial charge >= 0.3 is 6.03 Å². The van der Waals surface area contributed by atoms with Crippen molar-refractivity contribution in [2.45, 2.75) is 26.0 Å². The summed E-state index contributed by atoms with van der Waals surface area (Å²) < 4.78 is 0. The van der Waals surface area contributed by atoms with Gasteiger partial charge in [-0.2, -0.15) is 0 Å². The molecule has 0 spiro atoms. The lowest BCUT2D eigenvalue weighted by molar-refractivity contribution is 0.142. The van der Waals surface area contributed by atoms with Crippen LogP contribution in [-0.2, 0) is 0 Å². The van der Waals surface area contributed by atoms with Crippen LogP contribution < -0.4 is 5.32 Å². The van der Waals surface area contributed by atoms with Gasteiger partial charge in [0.2, 0.25) is 0 Å². The SMILES string of the molecule is CC(O)CN(C)C(=O)NC(C)c1ccccc1Cl. The molecule has 0 aliphatic heterocycles. The van der Waals surface area contributed by atoms with Crippen LogP contribution in [0.4, 0.5) is 4.79 Å². The Hall–Kier alpha value is -1.26. The van der Waals surface area contributed by atoms with Crippen molar-refractivity contribution in [2.75, 3.05) is 13.6 Å². The fourth-order valence-electron chi connectivity index (χ4n) is 1.68. The molecule has 0 aliphatic rings. The molecule has 2 unspecified atom stereocenters. The Morgan fingerprint density at radius 3 is 2.61 bits per heavy atom. The number of likely N-dealkylation sites (N-methyl/N-ethyl adjacent to an activating group) is 1. The van der Waals surface area contributed by atoms with Crippen LogP contribution in [0.15, 0.2) is 24.3 Å². The average molecular weight is 271 g/mol. The fourth-order valence-corrected chi connectivity index (χ4v) is 1.98. The maximum absolute atomic E-state index is 11.8. The van der Waals surface area contributed by atoms with Gasteiger partial charge in [-0.25, -0.2) is 4.79 Å². The van der Waals surface area contributed by atoms with Crippen molar-refractivity contribution in [2.24, 2.45) is 0 Å². The van der Waals surface area contributed by atoms with Crippen molar-refractivity contribution in [3.05, 3.63) is 34.9 Å². The minimum atomic E-state index is -0.545. The van der Waals surface area contributed by atoms with E-state index < -0.39 is 6.10 Å². The molecule has 2 amide bonds. The lowest BCUT2D eigenvalue weighted by atomic mass is 10.1. The number of aliphatic hydroxyl groups is 1. The first-order valence-corrected chi connectivity index (χ1v) is 6.23. The molecular weight excluding hydrogens is 252 g/mol. The first-order valence-electron chi connectivity index (χ1n) is 5.86. The molecule has 1 aromatic carbocycles. The molecule has 100 valence electrons. The number of aliphatic hydroxyl groups excluding tert-OH is 1. The molecule has 0 heterocycles. The Morgan fingerprint density at radius 2 is 2.06 bits per heavy atom.